The van der Waals surface area contributed by atoms with Crippen LogP contribution in [0.1, 0.15) is 31.8 Å². The summed E-state index contributed by atoms with van der Waals surface area (Å²) in [6.07, 6.45) is 0. The molecule has 0 amide bonds. The molecule has 0 bridgehead atoms. The molecule has 3 aromatic rings. The Morgan fingerprint density at radius 3 is 1.69 bits per heavy atom. The first-order chi connectivity index (χ1) is 12.7. The topological polar surface area (TPSA) is 34.1 Å². The minimum absolute atomic E-state index is 0.0249. The summed E-state index contributed by atoms with van der Waals surface area (Å²) in [6, 6.07) is 25.7. The van der Waals surface area contributed by atoms with Gasteiger partial charge in [0.15, 0.2) is 11.6 Å². The molecular formula is C22H18Cl2O2. The molecule has 0 fully saturated rings. The third-order valence-electron chi connectivity index (χ3n) is 3.66. The number of Topliss-reactive ketones (excluding diaryl/α,β-unsaturated/α-hetero) is 1. The molecule has 0 saturated heterocycles. The largest absolute Gasteiger partial charge is 0.293 e. The molecule has 0 atom stereocenters. The highest BCUT2D eigenvalue weighted by Gasteiger charge is 2.11. The van der Waals surface area contributed by atoms with Crippen LogP contribution in [0, 0.1) is 0 Å². The van der Waals surface area contributed by atoms with Crippen LogP contribution in [0.5, 0.6) is 0 Å². The van der Waals surface area contributed by atoms with Crippen LogP contribution in [-0.4, -0.2) is 17.4 Å². The van der Waals surface area contributed by atoms with E-state index in [0.717, 1.165) is 5.56 Å². The molecule has 26 heavy (non-hydrogen) atoms. The van der Waals surface area contributed by atoms with E-state index >= 15 is 0 Å². The van der Waals surface area contributed by atoms with Crippen LogP contribution in [-0.2, 0) is 5.88 Å². The summed E-state index contributed by atoms with van der Waals surface area (Å²) in [5.41, 5.74) is 2.93. The third-order valence-corrected chi connectivity index (χ3v) is 4.19. The van der Waals surface area contributed by atoms with E-state index in [1.807, 2.05) is 72.8 Å². The van der Waals surface area contributed by atoms with Crippen molar-refractivity contribution in [1.29, 1.82) is 0 Å². The van der Waals surface area contributed by atoms with E-state index in [0.29, 0.717) is 22.6 Å². The molecule has 0 saturated carbocycles. The highest BCUT2D eigenvalue weighted by Crippen LogP contribution is 2.16. The summed E-state index contributed by atoms with van der Waals surface area (Å²) in [5, 5.41) is 0. The van der Waals surface area contributed by atoms with Gasteiger partial charge in [0.05, 0.1) is 5.88 Å². The zero-order valence-corrected chi connectivity index (χ0v) is 15.6. The van der Waals surface area contributed by atoms with Crippen molar-refractivity contribution in [1.82, 2.24) is 0 Å². The molecule has 0 N–H and O–H groups in total. The molecule has 0 radical (unpaired) electrons. The molecule has 132 valence electrons. The first kappa shape index (κ1) is 19.9. The monoisotopic (exact) mass is 384 g/mol. The Balaban J connectivity index is 0.000000209. The molecule has 3 rings (SSSR count). The molecule has 0 heterocycles. The van der Waals surface area contributed by atoms with Crippen LogP contribution in [0.2, 0.25) is 0 Å². The summed E-state index contributed by atoms with van der Waals surface area (Å²) >= 11 is 11.1. The van der Waals surface area contributed by atoms with Crippen molar-refractivity contribution in [2.75, 3.05) is 5.88 Å². The molecule has 0 unspecified atom stereocenters. The maximum atomic E-state index is 12.2. The van der Waals surface area contributed by atoms with Crippen LogP contribution in [0.4, 0.5) is 0 Å². The van der Waals surface area contributed by atoms with Gasteiger partial charge in [0, 0.05) is 22.6 Å². The number of rotatable bonds is 5. The first-order valence-electron chi connectivity index (χ1n) is 8.05. The second-order valence-corrected chi connectivity index (χ2v) is 5.94. The van der Waals surface area contributed by atoms with E-state index in [4.69, 9.17) is 23.2 Å². The quantitative estimate of drug-likeness (QED) is 0.413. The van der Waals surface area contributed by atoms with Gasteiger partial charge in [0.25, 0.3) is 0 Å². The molecular weight excluding hydrogens is 367 g/mol. The van der Waals surface area contributed by atoms with Gasteiger partial charge in [-0.3, -0.25) is 9.59 Å². The van der Waals surface area contributed by atoms with Crippen molar-refractivity contribution in [3.05, 3.63) is 107 Å². The zero-order valence-electron chi connectivity index (χ0n) is 14.1. The Hall–Kier alpha value is -2.42. The minimum Gasteiger partial charge on any atom is -0.293 e. The molecule has 0 aliphatic carbocycles. The minimum atomic E-state index is -0.0257. The Morgan fingerprint density at radius 2 is 1.15 bits per heavy atom. The van der Waals surface area contributed by atoms with E-state index in [2.05, 4.69) is 0 Å². The number of halogens is 2. The van der Waals surface area contributed by atoms with Gasteiger partial charge in [-0.1, -0.05) is 84.9 Å². The molecule has 0 spiro atoms. The second kappa shape index (κ2) is 10.5. The Labute approximate surface area is 163 Å². The van der Waals surface area contributed by atoms with E-state index < -0.39 is 0 Å². The lowest BCUT2D eigenvalue weighted by molar-refractivity contribution is 0.101. The fourth-order valence-electron chi connectivity index (χ4n) is 2.30. The van der Waals surface area contributed by atoms with Gasteiger partial charge in [-0.2, -0.15) is 0 Å². The third kappa shape index (κ3) is 5.55. The average molecular weight is 385 g/mol. The maximum absolute atomic E-state index is 12.2. The highest BCUT2D eigenvalue weighted by molar-refractivity contribution is 6.30. The second-order valence-electron chi connectivity index (χ2n) is 5.41. The summed E-state index contributed by atoms with van der Waals surface area (Å²) in [4.78, 5) is 23.0. The smallest absolute Gasteiger partial charge is 0.193 e. The number of hydrogen-bond donors (Lipinski definition) is 0. The predicted molar refractivity (Wildman–Crippen MR) is 107 cm³/mol. The van der Waals surface area contributed by atoms with Crippen LogP contribution < -0.4 is 0 Å². The summed E-state index contributed by atoms with van der Waals surface area (Å²) < 4.78 is 0. The zero-order chi connectivity index (χ0) is 18.8. The Morgan fingerprint density at radius 1 is 0.654 bits per heavy atom. The number of alkyl halides is 2. The molecule has 0 aliphatic rings. The fourth-order valence-corrected chi connectivity index (χ4v) is 2.69. The molecule has 0 aromatic heterocycles. The molecule has 0 aliphatic heterocycles. The van der Waals surface area contributed by atoms with Crippen LogP contribution >= 0.6 is 23.2 Å². The van der Waals surface area contributed by atoms with Crippen molar-refractivity contribution in [2.24, 2.45) is 0 Å². The maximum Gasteiger partial charge on any atom is 0.193 e. The average Bonchev–Trinajstić information content (AvgIpc) is 2.74. The molecule has 4 heteroatoms. The lowest BCUT2D eigenvalue weighted by atomic mass is 9.99. The van der Waals surface area contributed by atoms with Crippen molar-refractivity contribution in [2.45, 2.75) is 5.88 Å². The van der Waals surface area contributed by atoms with E-state index in [-0.39, 0.29) is 17.4 Å². The lowest BCUT2D eigenvalue weighted by Gasteiger charge is -2.05. The van der Waals surface area contributed by atoms with Gasteiger partial charge < -0.3 is 0 Å². The van der Waals surface area contributed by atoms with Crippen LogP contribution in [0.3, 0.4) is 0 Å². The summed E-state index contributed by atoms with van der Waals surface area (Å²) in [6.45, 7) is 0. The lowest BCUT2D eigenvalue weighted by Crippen LogP contribution is -2.04. The van der Waals surface area contributed by atoms with Crippen molar-refractivity contribution in [3.8, 4) is 0 Å². The molecule has 3 aromatic carbocycles. The van der Waals surface area contributed by atoms with Gasteiger partial charge >= 0.3 is 0 Å². The number of hydrogen-bond acceptors (Lipinski definition) is 2. The standard InChI is InChI=1S/C14H11ClO.C8H7ClO/c15-10-12-8-4-5-9-13(12)14(16)11-6-2-1-3-7-11;9-6-8(10)7-4-2-1-3-5-7/h1-9H,10H2;1-5H,6H2. The van der Waals surface area contributed by atoms with Gasteiger partial charge in [-0.25, -0.2) is 0 Å². The van der Waals surface area contributed by atoms with Crippen molar-refractivity contribution < 1.29 is 9.59 Å². The number of carbonyl (C=O) groups excluding carboxylic acids is 2. The van der Waals surface area contributed by atoms with E-state index in [9.17, 15) is 9.59 Å². The summed E-state index contributed by atoms with van der Waals surface area (Å²) in [7, 11) is 0. The van der Waals surface area contributed by atoms with Gasteiger partial charge in [0.2, 0.25) is 0 Å². The Bertz CT molecular complexity index is 846. The predicted octanol–water partition coefficient (Wildman–Crippen LogP) is 5.76. The van der Waals surface area contributed by atoms with Gasteiger partial charge in [-0.05, 0) is 5.56 Å². The van der Waals surface area contributed by atoms with E-state index in [1.54, 1.807) is 12.1 Å². The highest BCUT2D eigenvalue weighted by atomic mass is 35.5. The first-order valence-corrected chi connectivity index (χ1v) is 9.12. The summed E-state index contributed by atoms with van der Waals surface area (Å²) in [5.74, 6) is 0.415. The number of ketones is 2. The van der Waals surface area contributed by atoms with Crippen LogP contribution in [0.25, 0.3) is 0 Å². The van der Waals surface area contributed by atoms with Crippen LogP contribution in [0.15, 0.2) is 84.9 Å². The van der Waals surface area contributed by atoms with Gasteiger partial charge in [0.1, 0.15) is 0 Å². The number of benzene rings is 3. The Kier molecular flexibility index (Phi) is 8.07. The van der Waals surface area contributed by atoms with Gasteiger partial charge in [-0.15, -0.1) is 23.2 Å². The van der Waals surface area contributed by atoms with Crippen molar-refractivity contribution in [3.63, 3.8) is 0 Å². The SMILES string of the molecule is O=C(CCl)c1ccccc1.O=C(c1ccccc1)c1ccccc1CCl. The van der Waals surface area contributed by atoms with Crippen molar-refractivity contribution >= 4 is 34.8 Å². The molecule has 2 nitrogen and oxygen atoms in total. The normalized spacial score (nSPS) is 9.77. The van der Waals surface area contributed by atoms with E-state index in [1.165, 1.54) is 0 Å². The number of carbonyl (C=O) groups is 2. The fraction of sp³-hybridized carbons (Fsp3) is 0.0909.